The van der Waals surface area contributed by atoms with E-state index in [-0.39, 0.29) is 24.8 Å². The number of nitrogens with one attached hydrogen (secondary N) is 1. The second kappa shape index (κ2) is 7.68. The van der Waals surface area contributed by atoms with Crippen molar-refractivity contribution in [2.75, 3.05) is 0 Å². The molecule has 6 heteroatoms. The van der Waals surface area contributed by atoms with Crippen LogP contribution in [0.4, 0.5) is 0 Å². The van der Waals surface area contributed by atoms with Crippen molar-refractivity contribution in [3.63, 3.8) is 0 Å². The van der Waals surface area contributed by atoms with E-state index in [1.54, 1.807) is 6.07 Å². The first-order valence-electron chi connectivity index (χ1n) is 3.12. The van der Waals surface area contributed by atoms with Crippen molar-refractivity contribution in [1.82, 2.24) is 5.43 Å². The molecule has 0 spiro atoms. The van der Waals surface area contributed by atoms with Gasteiger partial charge in [0.1, 0.15) is 0 Å². The SMILES string of the molecule is Cl.Cl.NNCc1cccc(Cl)c1Cl. The van der Waals surface area contributed by atoms with E-state index in [4.69, 9.17) is 29.0 Å². The Kier molecular flexibility index (Phi) is 9.31. The van der Waals surface area contributed by atoms with E-state index < -0.39 is 0 Å². The molecule has 0 fully saturated rings. The molecule has 76 valence electrons. The van der Waals surface area contributed by atoms with Crippen molar-refractivity contribution >= 4 is 48.0 Å². The van der Waals surface area contributed by atoms with Gasteiger partial charge in [-0.1, -0.05) is 35.3 Å². The zero-order valence-corrected chi connectivity index (χ0v) is 9.73. The highest BCUT2D eigenvalue weighted by Crippen LogP contribution is 2.24. The van der Waals surface area contributed by atoms with Crippen molar-refractivity contribution in [2.45, 2.75) is 6.54 Å². The zero-order chi connectivity index (χ0) is 8.27. The van der Waals surface area contributed by atoms with E-state index in [0.717, 1.165) is 5.56 Å². The highest BCUT2D eigenvalue weighted by atomic mass is 35.5. The van der Waals surface area contributed by atoms with Gasteiger partial charge in [0, 0.05) is 6.54 Å². The molecule has 0 saturated carbocycles. The molecule has 0 atom stereocenters. The second-order valence-electron chi connectivity index (χ2n) is 2.09. The molecule has 13 heavy (non-hydrogen) atoms. The topological polar surface area (TPSA) is 38.0 Å². The van der Waals surface area contributed by atoms with Crippen molar-refractivity contribution < 1.29 is 0 Å². The maximum Gasteiger partial charge on any atom is 0.0637 e. The van der Waals surface area contributed by atoms with Crippen LogP contribution in [-0.2, 0) is 6.54 Å². The molecule has 0 saturated heterocycles. The van der Waals surface area contributed by atoms with Crippen LogP contribution < -0.4 is 11.3 Å². The minimum Gasteiger partial charge on any atom is -0.271 e. The van der Waals surface area contributed by atoms with Crippen LogP contribution in [0.1, 0.15) is 5.56 Å². The zero-order valence-electron chi connectivity index (χ0n) is 6.59. The first-order valence-corrected chi connectivity index (χ1v) is 3.87. The molecular weight excluding hydrogens is 254 g/mol. The summed E-state index contributed by atoms with van der Waals surface area (Å²) in [4.78, 5) is 0. The van der Waals surface area contributed by atoms with Crippen LogP contribution in [0.3, 0.4) is 0 Å². The van der Waals surface area contributed by atoms with Gasteiger partial charge in [0.15, 0.2) is 0 Å². The Morgan fingerprint density at radius 2 is 1.85 bits per heavy atom. The quantitative estimate of drug-likeness (QED) is 0.636. The number of hydrazine groups is 1. The lowest BCUT2D eigenvalue weighted by Gasteiger charge is -2.03. The van der Waals surface area contributed by atoms with E-state index in [9.17, 15) is 0 Å². The Bertz CT molecular complexity index is 254. The third-order valence-corrected chi connectivity index (χ3v) is 2.18. The lowest BCUT2D eigenvalue weighted by Crippen LogP contribution is -2.20. The summed E-state index contributed by atoms with van der Waals surface area (Å²) in [7, 11) is 0. The van der Waals surface area contributed by atoms with Crippen molar-refractivity contribution in [2.24, 2.45) is 5.84 Å². The second-order valence-corrected chi connectivity index (χ2v) is 2.88. The fraction of sp³-hybridized carbons (Fsp3) is 0.143. The number of rotatable bonds is 2. The first-order chi connectivity index (χ1) is 5.25. The number of nitrogens with two attached hydrogens (primary N) is 1. The molecule has 0 aliphatic heterocycles. The van der Waals surface area contributed by atoms with Crippen LogP contribution in [0.15, 0.2) is 18.2 Å². The molecule has 3 N–H and O–H groups in total. The predicted molar refractivity (Wildman–Crippen MR) is 62.0 cm³/mol. The van der Waals surface area contributed by atoms with Crippen LogP contribution in [-0.4, -0.2) is 0 Å². The molecular formula is C7H10Cl4N2. The molecule has 0 unspecified atom stereocenters. The minimum absolute atomic E-state index is 0. The summed E-state index contributed by atoms with van der Waals surface area (Å²) in [5.74, 6) is 5.13. The molecule has 1 aromatic carbocycles. The van der Waals surface area contributed by atoms with Crippen LogP contribution in [0.5, 0.6) is 0 Å². The first kappa shape index (κ1) is 15.8. The summed E-state index contributed by atoms with van der Waals surface area (Å²) < 4.78 is 0. The van der Waals surface area contributed by atoms with Gasteiger partial charge in [0.25, 0.3) is 0 Å². The summed E-state index contributed by atoms with van der Waals surface area (Å²) in [5.41, 5.74) is 3.41. The van der Waals surface area contributed by atoms with Crippen molar-refractivity contribution in [3.05, 3.63) is 33.8 Å². The van der Waals surface area contributed by atoms with Gasteiger partial charge >= 0.3 is 0 Å². The van der Waals surface area contributed by atoms with Crippen LogP contribution in [0.2, 0.25) is 10.0 Å². The summed E-state index contributed by atoms with van der Waals surface area (Å²) in [6.07, 6.45) is 0. The average molecular weight is 264 g/mol. The highest BCUT2D eigenvalue weighted by molar-refractivity contribution is 6.42. The fourth-order valence-electron chi connectivity index (χ4n) is 0.795. The van der Waals surface area contributed by atoms with E-state index in [1.807, 2.05) is 12.1 Å². The molecule has 0 amide bonds. The molecule has 0 aliphatic rings. The standard InChI is InChI=1S/C7H8Cl2N2.2ClH/c8-6-3-1-2-5(4-11-10)7(6)9;;/h1-3,11H,4,10H2;2*1H. The largest absolute Gasteiger partial charge is 0.271 e. The predicted octanol–water partition coefficient (Wildman–Crippen LogP) is 2.80. The number of hydrogen-bond donors (Lipinski definition) is 2. The van der Waals surface area contributed by atoms with Gasteiger partial charge in [-0.15, -0.1) is 24.8 Å². The maximum atomic E-state index is 5.84. The molecule has 2 nitrogen and oxygen atoms in total. The summed E-state index contributed by atoms with van der Waals surface area (Å²) in [5, 5.41) is 1.12. The summed E-state index contributed by atoms with van der Waals surface area (Å²) in [6, 6.07) is 5.44. The van der Waals surface area contributed by atoms with Crippen LogP contribution >= 0.6 is 48.0 Å². The molecule has 1 rings (SSSR count). The van der Waals surface area contributed by atoms with Gasteiger partial charge < -0.3 is 0 Å². The van der Waals surface area contributed by atoms with Gasteiger partial charge in [-0.3, -0.25) is 11.3 Å². The number of hydrogen-bond acceptors (Lipinski definition) is 2. The van der Waals surface area contributed by atoms with Gasteiger partial charge in [0.05, 0.1) is 10.0 Å². The Balaban J connectivity index is 0. The smallest absolute Gasteiger partial charge is 0.0637 e. The van der Waals surface area contributed by atoms with Crippen molar-refractivity contribution in [1.29, 1.82) is 0 Å². The Morgan fingerprint density at radius 1 is 1.23 bits per heavy atom. The van der Waals surface area contributed by atoms with E-state index in [2.05, 4.69) is 5.43 Å². The Labute approximate surface area is 99.6 Å². The van der Waals surface area contributed by atoms with E-state index in [0.29, 0.717) is 16.6 Å². The Hall–Kier alpha value is 0.300. The lowest BCUT2D eigenvalue weighted by molar-refractivity contribution is 0.741. The molecule has 0 bridgehead atoms. The third-order valence-electron chi connectivity index (χ3n) is 1.32. The molecule has 0 radical (unpaired) electrons. The maximum absolute atomic E-state index is 5.84. The third kappa shape index (κ3) is 4.36. The summed E-state index contributed by atoms with van der Waals surface area (Å²) in [6.45, 7) is 0.527. The monoisotopic (exact) mass is 262 g/mol. The van der Waals surface area contributed by atoms with E-state index >= 15 is 0 Å². The number of halogens is 4. The van der Waals surface area contributed by atoms with Crippen LogP contribution in [0.25, 0.3) is 0 Å². The molecule has 0 heterocycles. The van der Waals surface area contributed by atoms with Crippen molar-refractivity contribution in [3.8, 4) is 0 Å². The lowest BCUT2D eigenvalue weighted by atomic mass is 10.2. The highest BCUT2D eigenvalue weighted by Gasteiger charge is 2.01. The average Bonchev–Trinajstić information content (AvgIpc) is 1.99. The van der Waals surface area contributed by atoms with Crippen LogP contribution in [0, 0.1) is 0 Å². The van der Waals surface area contributed by atoms with Gasteiger partial charge in [-0.05, 0) is 11.6 Å². The van der Waals surface area contributed by atoms with E-state index in [1.165, 1.54) is 0 Å². The molecule has 0 aromatic heterocycles. The van der Waals surface area contributed by atoms with Gasteiger partial charge in [0.2, 0.25) is 0 Å². The van der Waals surface area contributed by atoms with Gasteiger partial charge in [-0.2, -0.15) is 0 Å². The molecule has 1 aromatic rings. The number of benzene rings is 1. The fourth-order valence-corrected chi connectivity index (χ4v) is 1.18. The normalized spacial score (nSPS) is 8.54. The Morgan fingerprint density at radius 3 is 2.38 bits per heavy atom. The molecule has 0 aliphatic carbocycles. The summed E-state index contributed by atoms with van der Waals surface area (Å²) >= 11 is 11.6. The minimum atomic E-state index is 0. The van der Waals surface area contributed by atoms with Gasteiger partial charge in [-0.25, -0.2) is 0 Å².